The monoisotopic (exact) mass is 597 g/mol. The standard InChI is InChI=1S/C31H31N7O6/c1-4-8-26-32-28(31(2,3)40)27(30(39)44-23-10-7-9-21(17-23)19-43-38(41)42)37(26)18-20-13-15-22(16-14-20)24-11-5-6-12-25(24)29-33-35-36-34-29/h5-7,9-17,40H,4,8,18-19H2,1-3H3,(H,33,34,35,36). The molecule has 0 amide bonds. The number of aromatic nitrogens is 6. The molecule has 226 valence electrons. The van der Waals surface area contributed by atoms with Gasteiger partial charge in [0.1, 0.15) is 29.5 Å². The van der Waals surface area contributed by atoms with Crippen molar-refractivity contribution in [3.63, 3.8) is 0 Å². The smallest absolute Gasteiger partial charge is 0.362 e. The van der Waals surface area contributed by atoms with E-state index in [9.17, 15) is 20.0 Å². The van der Waals surface area contributed by atoms with Crippen LogP contribution in [0.3, 0.4) is 0 Å². The number of aryl methyl sites for hydroxylation is 1. The lowest BCUT2D eigenvalue weighted by molar-refractivity contribution is -0.763. The second-order valence-corrected chi connectivity index (χ2v) is 10.6. The summed E-state index contributed by atoms with van der Waals surface area (Å²) < 4.78 is 7.50. The number of hydrogen-bond donors (Lipinski definition) is 2. The minimum Gasteiger partial charge on any atom is -0.422 e. The molecular weight excluding hydrogens is 566 g/mol. The van der Waals surface area contributed by atoms with Crippen LogP contribution in [-0.4, -0.2) is 46.3 Å². The summed E-state index contributed by atoms with van der Waals surface area (Å²) in [7, 11) is 0. The molecule has 44 heavy (non-hydrogen) atoms. The van der Waals surface area contributed by atoms with Crippen LogP contribution >= 0.6 is 0 Å². The average molecular weight is 598 g/mol. The number of hydrogen-bond acceptors (Lipinski definition) is 10. The first-order chi connectivity index (χ1) is 21.1. The predicted molar refractivity (Wildman–Crippen MR) is 159 cm³/mol. The Kier molecular flexibility index (Phi) is 8.76. The van der Waals surface area contributed by atoms with Gasteiger partial charge in [0.05, 0.1) is 0 Å². The maximum Gasteiger partial charge on any atom is 0.362 e. The highest BCUT2D eigenvalue weighted by atomic mass is 16.9. The van der Waals surface area contributed by atoms with E-state index in [2.05, 4.69) is 25.5 Å². The quantitative estimate of drug-likeness (QED) is 0.0873. The highest BCUT2D eigenvalue weighted by Gasteiger charge is 2.33. The first kappa shape index (κ1) is 30.0. The normalized spacial score (nSPS) is 11.4. The molecule has 0 aliphatic carbocycles. The fraction of sp³-hybridized carbons (Fsp3) is 0.258. The zero-order chi connectivity index (χ0) is 31.3. The maximum absolute atomic E-state index is 13.7. The predicted octanol–water partition coefficient (Wildman–Crippen LogP) is 4.89. The summed E-state index contributed by atoms with van der Waals surface area (Å²) in [6.07, 6.45) is 1.33. The van der Waals surface area contributed by atoms with Gasteiger partial charge in [-0.1, -0.05) is 67.6 Å². The van der Waals surface area contributed by atoms with E-state index in [4.69, 9.17) is 9.72 Å². The van der Waals surface area contributed by atoms with E-state index < -0.39 is 16.7 Å². The van der Waals surface area contributed by atoms with Crippen LogP contribution in [0.1, 0.15) is 60.3 Å². The summed E-state index contributed by atoms with van der Waals surface area (Å²) in [5, 5.41) is 35.1. The summed E-state index contributed by atoms with van der Waals surface area (Å²) in [5.74, 6) is 0.590. The molecule has 0 radical (unpaired) electrons. The molecule has 5 aromatic rings. The molecular formula is C31H31N7O6. The zero-order valence-electron chi connectivity index (χ0n) is 24.4. The van der Waals surface area contributed by atoms with Gasteiger partial charge in [-0.15, -0.1) is 20.3 Å². The van der Waals surface area contributed by atoms with Crippen LogP contribution in [0, 0.1) is 10.1 Å². The number of carbonyl (C=O) groups excluding carboxylic acids is 1. The molecule has 0 saturated carbocycles. The number of ether oxygens (including phenoxy) is 1. The number of esters is 1. The Morgan fingerprint density at radius 2 is 1.80 bits per heavy atom. The van der Waals surface area contributed by atoms with E-state index in [-0.39, 0.29) is 23.7 Å². The van der Waals surface area contributed by atoms with Crippen molar-refractivity contribution in [1.29, 1.82) is 0 Å². The third-order valence-electron chi connectivity index (χ3n) is 6.86. The Morgan fingerprint density at radius 3 is 2.45 bits per heavy atom. The molecule has 0 bridgehead atoms. The lowest BCUT2D eigenvalue weighted by atomic mass is 9.98. The van der Waals surface area contributed by atoms with Crippen molar-refractivity contribution in [3.8, 4) is 28.3 Å². The number of benzene rings is 3. The van der Waals surface area contributed by atoms with E-state index in [1.807, 2.05) is 55.5 Å². The number of rotatable bonds is 12. The van der Waals surface area contributed by atoms with Gasteiger partial charge in [0.2, 0.25) is 5.82 Å². The minimum absolute atomic E-state index is 0.124. The van der Waals surface area contributed by atoms with Crippen LogP contribution in [0.5, 0.6) is 5.75 Å². The summed E-state index contributed by atoms with van der Waals surface area (Å²) >= 11 is 0. The van der Waals surface area contributed by atoms with Crippen molar-refractivity contribution in [2.24, 2.45) is 0 Å². The van der Waals surface area contributed by atoms with Gasteiger partial charge in [0, 0.05) is 18.5 Å². The van der Waals surface area contributed by atoms with Crippen LogP contribution in [0.25, 0.3) is 22.5 Å². The molecule has 13 heteroatoms. The molecule has 0 saturated heterocycles. The van der Waals surface area contributed by atoms with Crippen molar-refractivity contribution in [1.82, 2.24) is 30.2 Å². The van der Waals surface area contributed by atoms with Crippen LogP contribution in [0.2, 0.25) is 0 Å². The number of imidazole rings is 1. The number of aliphatic hydroxyl groups is 1. The molecule has 0 aliphatic rings. The first-order valence-electron chi connectivity index (χ1n) is 14.0. The van der Waals surface area contributed by atoms with E-state index in [1.165, 1.54) is 6.07 Å². The van der Waals surface area contributed by atoms with Crippen molar-refractivity contribution >= 4 is 5.97 Å². The van der Waals surface area contributed by atoms with Gasteiger partial charge in [0.15, 0.2) is 5.69 Å². The van der Waals surface area contributed by atoms with Gasteiger partial charge >= 0.3 is 5.97 Å². The molecule has 2 heterocycles. The number of aromatic amines is 1. The first-order valence-corrected chi connectivity index (χ1v) is 14.0. The van der Waals surface area contributed by atoms with Gasteiger partial charge < -0.3 is 19.2 Å². The summed E-state index contributed by atoms with van der Waals surface area (Å²) in [6.45, 7) is 5.15. The van der Waals surface area contributed by atoms with Gasteiger partial charge in [0.25, 0.3) is 5.09 Å². The third kappa shape index (κ3) is 6.79. The number of nitrogens with zero attached hydrogens (tertiary/aromatic N) is 6. The summed E-state index contributed by atoms with van der Waals surface area (Å²) in [6, 6.07) is 22.0. The molecule has 0 unspecified atom stereocenters. The highest BCUT2D eigenvalue weighted by Crippen LogP contribution is 2.31. The molecule has 2 aromatic heterocycles. The Balaban J connectivity index is 1.48. The highest BCUT2D eigenvalue weighted by molar-refractivity contribution is 5.91. The number of nitrogens with one attached hydrogen (secondary N) is 1. The van der Waals surface area contributed by atoms with E-state index in [0.717, 1.165) is 28.7 Å². The molecule has 0 aliphatic heterocycles. The van der Waals surface area contributed by atoms with Gasteiger partial charge in [-0.25, -0.2) is 9.78 Å². The molecule has 5 rings (SSSR count). The minimum atomic E-state index is -1.44. The van der Waals surface area contributed by atoms with E-state index >= 15 is 0 Å². The Bertz CT molecular complexity index is 1760. The van der Waals surface area contributed by atoms with Crippen LogP contribution in [0.4, 0.5) is 0 Å². The van der Waals surface area contributed by atoms with E-state index in [1.54, 1.807) is 36.6 Å². The second-order valence-electron chi connectivity index (χ2n) is 10.6. The molecule has 0 fully saturated rings. The SMILES string of the molecule is CCCc1nc(C(C)(C)O)c(C(=O)Oc2cccc(CO[N+](=O)[O-])c2)n1Cc1ccc(-c2ccccc2-c2nn[nH]n2)cc1. The maximum atomic E-state index is 13.7. The topological polar surface area (TPSA) is 171 Å². The Morgan fingerprint density at radius 1 is 1.05 bits per heavy atom. The lowest BCUT2D eigenvalue weighted by Crippen LogP contribution is -2.24. The van der Waals surface area contributed by atoms with Gasteiger partial charge in [-0.05, 0) is 59.9 Å². The molecule has 2 N–H and O–H groups in total. The lowest BCUT2D eigenvalue weighted by Gasteiger charge is -2.18. The Hall–Kier alpha value is -5.43. The molecule has 0 spiro atoms. The van der Waals surface area contributed by atoms with Crippen molar-refractivity contribution in [2.75, 3.05) is 0 Å². The second kappa shape index (κ2) is 12.8. The molecule has 13 nitrogen and oxygen atoms in total. The van der Waals surface area contributed by atoms with E-state index in [0.29, 0.717) is 30.2 Å². The average Bonchev–Trinajstić information content (AvgIpc) is 3.66. The van der Waals surface area contributed by atoms with Gasteiger partial charge in [-0.3, -0.25) is 0 Å². The molecule has 3 aromatic carbocycles. The van der Waals surface area contributed by atoms with Crippen molar-refractivity contribution in [2.45, 2.75) is 52.4 Å². The molecule has 0 atom stereocenters. The number of H-pyrrole nitrogens is 1. The van der Waals surface area contributed by atoms with Crippen LogP contribution in [0.15, 0.2) is 72.8 Å². The fourth-order valence-corrected chi connectivity index (χ4v) is 4.88. The van der Waals surface area contributed by atoms with Crippen LogP contribution < -0.4 is 4.74 Å². The third-order valence-corrected chi connectivity index (χ3v) is 6.86. The summed E-state index contributed by atoms with van der Waals surface area (Å²) in [5.41, 5.74) is 2.96. The Labute approximate surface area is 252 Å². The van der Waals surface area contributed by atoms with Crippen molar-refractivity contribution < 1.29 is 24.6 Å². The number of tetrazole rings is 1. The summed E-state index contributed by atoms with van der Waals surface area (Å²) in [4.78, 5) is 33.5. The van der Waals surface area contributed by atoms with Crippen molar-refractivity contribution in [3.05, 3.63) is 111 Å². The fourth-order valence-electron chi connectivity index (χ4n) is 4.88. The largest absolute Gasteiger partial charge is 0.422 e. The van der Waals surface area contributed by atoms with Gasteiger partial charge in [-0.2, -0.15) is 5.21 Å². The van der Waals surface area contributed by atoms with Crippen LogP contribution in [-0.2, 0) is 30.0 Å². The zero-order valence-corrected chi connectivity index (χ0v) is 24.4. The number of carbonyl (C=O) groups is 1.